The molecule has 1 N–H and O–H groups in total. The molecule has 0 fully saturated rings. The first kappa shape index (κ1) is 15.5. The van der Waals surface area contributed by atoms with Gasteiger partial charge in [-0.2, -0.15) is 5.10 Å². The van der Waals surface area contributed by atoms with Crippen LogP contribution in [-0.4, -0.2) is 23.4 Å². The molecule has 114 valence electrons. The molecule has 1 atom stereocenters. The minimum Gasteiger partial charge on any atom is -0.493 e. The largest absolute Gasteiger partial charge is 0.493 e. The van der Waals surface area contributed by atoms with E-state index >= 15 is 0 Å². The highest BCUT2D eigenvalue weighted by molar-refractivity contribution is 5.38. The van der Waals surface area contributed by atoms with Crippen molar-refractivity contribution in [1.82, 2.24) is 15.1 Å². The van der Waals surface area contributed by atoms with Crippen molar-refractivity contribution in [1.29, 1.82) is 0 Å². The van der Waals surface area contributed by atoms with Crippen molar-refractivity contribution in [2.24, 2.45) is 7.05 Å². The van der Waals surface area contributed by atoms with Gasteiger partial charge in [0.25, 0.3) is 0 Å². The zero-order valence-corrected chi connectivity index (χ0v) is 13.0. The van der Waals surface area contributed by atoms with Crippen molar-refractivity contribution in [3.63, 3.8) is 0 Å². The Bertz CT molecular complexity index is 610. The predicted molar refractivity (Wildman–Crippen MR) is 81.0 cm³/mol. The van der Waals surface area contributed by atoms with Gasteiger partial charge in [0.05, 0.1) is 19.3 Å². The summed E-state index contributed by atoms with van der Waals surface area (Å²) in [5, 5.41) is 7.75. The van der Waals surface area contributed by atoms with Crippen molar-refractivity contribution in [2.75, 3.05) is 13.7 Å². The van der Waals surface area contributed by atoms with Gasteiger partial charge in [0, 0.05) is 7.05 Å². The van der Waals surface area contributed by atoms with E-state index in [0.29, 0.717) is 5.56 Å². The van der Waals surface area contributed by atoms with Crippen LogP contribution in [0.25, 0.3) is 0 Å². The molecule has 0 bridgehead atoms. The lowest BCUT2D eigenvalue weighted by Gasteiger charge is -2.21. The molecule has 1 aromatic heterocycles. The molecule has 1 aromatic carbocycles. The first-order valence-corrected chi connectivity index (χ1v) is 7.13. The topological polar surface area (TPSA) is 39.1 Å². The molecule has 0 radical (unpaired) electrons. The maximum Gasteiger partial charge on any atom is 0.161 e. The van der Waals surface area contributed by atoms with Crippen LogP contribution in [0.5, 0.6) is 5.75 Å². The Hall–Kier alpha value is -1.88. The molecule has 2 aromatic rings. The Morgan fingerprint density at radius 2 is 2.19 bits per heavy atom. The number of rotatable bonds is 6. The van der Waals surface area contributed by atoms with Gasteiger partial charge in [0.1, 0.15) is 11.5 Å². The number of aromatic nitrogens is 2. The van der Waals surface area contributed by atoms with Crippen LogP contribution >= 0.6 is 0 Å². The first-order valence-electron chi connectivity index (χ1n) is 7.13. The van der Waals surface area contributed by atoms with Crippen LogP contribution in [0.15, 0.2) is 24.4 Å². The van der Waals surface area contributed by atoms with Crippen molar-refractivity contribution in [3.8, 4) is 5.75 Å². The lowest BCUT2D eigenvalue weighted by Crippen LogP contribution is -2.26. The number of methoxy groups -OCH3 is 1. The summed E-state index contributed by atoms with van der Waals surface area (Å²) in [7, 11) is 3.52. The zero-order chi connectivity index (χ0) is 15.4. The third-order valence-corrected chi connectivity index (χ3v) is 3.56. The first-order chi connectivity index (χ1) is 10.1. The second-order valence-corrected chi connectivity index (χ2v) is 5.12. The summed E-state index contributed by atoms with van der Waals surface area (Å²) in [5.41, 5.74) is 2.58. The highest BCUT2D eigenvalue weighted by Crippen LogP contribution is 2.30. The van der Waals surface area contributed by atoms with Crippen LogP contribution in [0.2, 0.25) is 0 Å². The minimum absolute atomic E-state index is 0.0771. The SMILES string of the molecule is CCCNC(c1ccc(F)c(C)c1)c1c(OC)cnn1C. The van der Waals surface area contributed by atoms with E-state index in [1.165, 1.54) is 6.07 Å². The summed E-state index contributed by atoms with van der Waals surface area (Å²) in [5.74, 6) is 0.540. The lowest BCUT2D eigenvalue weighted by molar-refractivity contribution is 0.400. The number of nitrogens with one attached hydrogen (secondary N) is 1. The molecule has 2 rings (SSSR count). The van der Waals surface area contributed by atoms with Gasteiger partial charge in [-0.25, -0.2) is 4.39 Å². The Morgan fingerprint density at radius 1 is 1.43 bits per heavy atom. The maximum absolute atomic E-state index is 13.5. The van der Waals surface area contributed by atoms with E-state index in [0.717, 1.165) is 30.0 Å². The standard InChI is InChI=1S/C16H22FN3O/c1-5-8-18-15(12-6-7-13(17)11(2)9-12)16-14(21-4)10-19-20(16)3/h6-7,9-10,15,18H,5,8H2,1-4H3. The fourth-order valence-electron chi connectivity index (χ4n) is 2.42. The summed E-state index contributed by atoms with van der Waals surface area (Å²) in [6, 6.07) is 5.11. The normalized spacial score (nSPS) is 12.4. The molecule has 5 heteroatoms. The molecular weight excluding hydrogens is 269 g/mol. The van der Waals surface area contributed by atoms with Gasteiger partial charge < -0.3 is 10.1 Å². The van der Waals surface area contributed by atoms with E-state index in [1.807, 2.05) is 19.2 Å². The van der Waals surface area contributed by atoms with E-state index in [2.05, 4.69) is 17.3 Å². The highest BCUT2D eigenvalue weighted by Gasteiger charge is 2.22. The van der Waals surface area contributed by atoms with Gasteiger partial charge in [-0.3, -0.25) is 4.68 Å². The number of ether oxygens (including phenoxy) is 1. The average Bonchev–Trinajstić information content (AvgIpc) is 2.84. The zero-order valence-electron chi connectivity index (χ0n) is 13.0. The predicted octanol–water partition coefficient (Wildman–Crippen LogP) is 2.97. The van der Waals surface area contributed by atoms with E-state index < -0.39 is 0 Å². The van der Waals surface area contributed by atoms with Crippen LogP contribution in [-0.2, 0) is 7.05 Å². The summed E-state index contributed by atoms with van der Waals surface area (Å²) in [4.78, 5) is 0. The molecule has 0 aliphatic carbocycles. The molecule has 21 heavy (non-hydrogen) atoms. The number of hydrogen-bond donors (Lipinski definition) is 1. The van der Waals surface area contributed by atoms with Crippen LogP contribution in [0.3, 0.4) is 0 Å². The maximum atomic E-state index is 13.5. The fraction of sp³-hybridized carbons (Fsp3) is 0.438. The average molecular weight is 291 g/mol. The molecule has 0 aliphatic heterocycles. The number of benzene rings is 1. The van der Waals surface area contributed by atoms with Crippen LogP contribution in [0, 0.1) is 12.7 Å². The third kappa shape index (κ3) is 3.24. The van der Waals surface area contributed by atoms with Crippen LogP contribution in [0.1, 0.15) is 36.2 Å². The van der Waals surface area contributed by atoms with Crippen LogP contribution in [0.4, 0.5) is 4.39 Å². The minimum atomic E-state index is -0.190. The summed E-state index contributed by atoms with van der Waals surface area (Å²) in [6.07, 6.45) is 2.71. The Morgan fingerprint density at radius 3 is 2.81 bits per heavy atom. The van der Waals surface area contributed by atoms with Gasteiger partial charge in [-0.1, -0.05) is 19.1 Å². The van der Waals surface area contributed by atoms with Crippen molar-refractivity contribution in [3.05, 3.63) is 47.0 Å². The van der Waals surface area contributed by atoms with E-state index in [4.69, 9.17) is 4.74 Å². The molecular formula is C16H22FN3O. The summed E-state index contributed by atoms with van der Waals surface area (Å²) >= 11 is 0. The Labute approximate surface area is 124 Å². The molecule has 0 amide bonds. The van der Waals surface area contributed by atoms with Crippen molar-refractivity contribution < 1.29 is 9.13 Å². The number of halogens is 1. The molecule has 0 aliphatic rings. The molecule has 1 unspecified atom stereocenters. The van der Waals surface area contributed by atoms with Crippen molar-refractivity contribution in [2.45, 2.75) is 26.3 Å². The molecule has 4 nitrogen and oxygen atoms in total. The number of hydrogen-bond acceptors (Lipinski definition) is 3. The quantitative estimate of drug-likeness (QED) is 0.889. The second-order valence-electron chi connectivity index (χ2n) is 5.12. The molecule has 1 heterocycles. The van der Waals surface area contributed by atoms with E-state index in [1.54, 1.807) is 24.9 Å². The Balaban J connectivity index is 2.46. The van der Waals surface area contributed by atoms with E-state index in [-0.39, 0.29) is 11.9 Å². The van der Waals surface area contributed by atoms with Gasteiger partial charge in [-0.05, 0) is 37.1 Å². The Kier molecular flexibility index (Phi) is 4.96. The fourth-order valence-corrected chi connectivity index (χ4v) is 2.42. The van der Waals surface area contributed by atoms with E-state index in [9.17, 15) is 4.39 Å². The molecule has 0 spiro atoms. The summed E-state index contributed by atoms with van der Waals surface area (Å²) in [6.45, 7) is 4.74. The van der Waals surface area contributed by atoms with Crippen LogP contribution < -0.4 is 10.1 Å². The van der Waals surface area contributed by atoms with Gasteiger partial charge >= 0.3 is 0 Å². The molecule has 0 saturated heterocycles. The van der Waals surface area contributed by atoms with Gasteiger partial charge in [0.15, 0.2) is 5.75 Å². The monoisotopic (exact) mass is 291 g/mol. The molecule has 0 saturated carbocycles. The summed E-state index contributed by atoms with van der Waals surface area (Å²) < 4.78 is 20.7. The second kappa shape index (κ2) is 6.72. The van der Waals surface area contributed by atoms with Gasteiger partial charge in [0.2, 0.25) is 0 Å². The highest BCUT2D eigenvalue weighted by atomic mass is 19.1. The van der Waals surface area contributed by atoms with Gasteiger partial charge in [-0.15, -0.1) is 0 Å². The smallest absolute Gasteiger partial charge is 0.161 e. The number of aryl methyl sites for hydroxylation is 2. The third-order valence-electron chi connectivity index (χ3n) is 3.56. The van der Waals surface area contributed by atoms with Crippen molar-refractivity contribution >= 4 is 0 Å². The lowest BCUT2D eigenvalue weighted by atomic mass is 10.0. The number of nitrogens with zero attached hydrogens (tertiary/aromatic N) is 2.